The van der Waals surface area contributed by atoms with E-state index in [-0.39, 0.29) is 0 Å². The van der Waals surface area contributed by atoms with Gasteiger partial charge >= 0.3 is 0 Å². The lowest BCUT2D eigenvalue weighted by Crippen LogP contribution is -2.20. The van der Waals surface area contributed by atoms with Crippen LogP contribution in [0, 0.1) is 0 Å². The van der Waals surface area contributed by atoms with Crippen LogP contribution < -0.4 is 10.1 Å². The SMILES string of the molecule is COc1ccc2cc1CN(C)CC=CCN(C)Cc1cccc(c1)Nc1nccc-2n1. The molecule has 4 rings (SSSR count). The fourth-order valence-electron chi connectivity index (χ4n) is 3.76. The van der Waals surface area contributed by atoms with E-state index in [1.165, 1.54) is 5.56 Å². The topological polar surface area (TPSA) is 53.5 Å². The molecule has 1 aromatic heterocycles. The van der Waals surface area contributed by atoms with Crippen molar-refractivity contribution in [3.63, 3.8) is 0 Å². The van der Waals surface area contributed by atoms with Crippen LogP contribution in [0.2, 0.25) is 0 Å². The smallest absolute Gasteiger partial charge is 0.227 e. The number of anilines is 2. The number of hydrogen-bond acceptors (Lipinski definition) is 6. The number of ether oxygens (including phenoxy) is 1. The number of rotatable bonds is 1. The van der Waals surface area contributed by atoms with Gasteiger partial charge in [0.05, 0.1) is 12.8 Å². The van der Waals surface area contributed by atoms with Gasteiger partial charge in [0.25, 0.3) is 0 Å². The monoisotopic (exact) mass is 415 g/mol. The van der Waals surface area contributed by atoms with Crippen LogP contribution in [0.5, 0.6) is 5.75 Å². The normalized spacial score (nSPS) is 15.6. The molecule has 1 aliphatic rings. The molecule has 0 spiro atoms. The molecule has 0 radical (unpaired) electrons. The quantitative estimate of drug-likeness (QED) is 0.597. The van der Waals surface area contributed by atoms with E-state index in [1.54, 1.807) is 13.3 Å². The van der Waals surface area contributed by atoms with Gasteiger partial charge in [-0.1, -0.05) is 24.3 Å². The number of hydrogen-bond donors (Lipinski definition) is 1. The van der Waals surface area contributed by atoms with Gasteiger partial charge in [-0.25, -0.2) is 9.97 Å². The minimum Gasteiger partial charge on any atom is -0.496 e. The molecule has 1 aliphatic heterocycles. The van der Waals surface area contributed by atoms with Crippen molar-refractivity contribution in [2.75, 3.05) is 39.6 Å². The van der Waals surface area contributed by atoms with E-state index in [2.05, 4.69) is 70.6 Å². The number of nitrogens with one attached hydrogen (secondary N) is 1. The van der Waals surface area contributed by atoms with Crippen molar-refractivity contribution in [3.05, 3.63) is 78.0 Å². The Morgan fingerprint density at radius 1 is 0.935 bits per heavy atom. The summed E-state index contributed by atoms with van der Waals surface area (Å²) in [4.78, 5) is 13.7. The van der Waals surface area contributed by atoms with Gasteiger partial charge in [-0.05, 0) is 56.1 Å². The average Bonchev–Trinajstić information content (AvgIpc) is 2.76. The Morgan fingerprint density at radius 3 is 2.55 bits per heavy atom. The van der Waals surface area contributed by atoms with Gasteiger partial charge in [0.2, 0.25) is 5.95 Å². The van der Waals surface area contributed by atoms with Crippen molar-refractivity contribution < 1.29 is 4.74 Å². The summed E-state index contributed by atoms with van der Waals surface area (Å²) >= 11 is 0. The first kappa shape index (κ1) is 21.0. The van der Waals surface area contributed by atoms with E-state index in [4.69, 9.17) is 9.72 Å². The molecule has 0 saturated carbocycles. The Balaban J connectivity index is 1.72. The Labute approximate surface area is 184 Å². The van der Waals surface area contributed by atoms with Gasteiger partial charge in [-0.3, -0.25) is 9.80 Å². The third kappa shape index (κ3) is 5.48. The molecule has 0 fully saturated rings. The highest BCUT2D eigenvalue weighted by Crippen LogP contribution is 2.27. The van der Waals surface area contributed by atoms with E-state index in [1.807, 2.05) is 24.3 Å². The molecule has 6 heteroatoms. The van der Waals surface area contributed by atoms with Crippen LogP contribution >= 0.6 is 0 Å². The molecule has 3 aromatic rings. The van der Waals surface area contributed by atoms with E-state index < -0.39 is 0 Å². The zero-order chi connectivity index (χ0) is 21.6. The highest BCUT2D eigenvalue weighted by molar-refractivity contribution is 5.64. The summed E-state index contributed by atoms with van der Waals surface area (Å²) in [6.07, 6.45) is 6.25. The number of nitrogens with zero attached hydrogens (tertiary/aromatic N) is 4. The molecule has 2 heterocycles. The zero-order valence-corrected chi connectivity index (χ0v) is 18.4. The number of methoxy groups -OCH3 is 1. The van der Waals surface area contributed by atoms with Crippen LogP contribution in [0.3, 0.4) is 0 Å². The lowest BCUT2D eigenvalue weighted by atomic mass is 10.1. The molecule has 31 heavy (non-hydrogen) atoms. The Kier molecular flexibility index (Phi) is 6.60. The number of likely N-dealkylation sites (N-methyl/N-ethyl adjacent to an activating group) is 2. The molecule has 1 N–H and O–H groups in total. The molecule has 0 aliphatic carbocycles. The van der Waals surface area contributed by atoms with Crippen molar-refractivity contribution >= 4 is 11.6 Å². The predicted octanol–water partition coefficient (Wildman–Crippen LogP) is 4.33. The number of fused-ring (bicyclic) bond motifs is 7. The van der Waals surface area contributed by atoms with Crippen LogP contribution in [0.4, 0.5) is 11.6 Å². The van der Waals surface area contributed by atoms with Gasteiger partial charge in [-0.15, -0.1) is 0 Å². The molecule has 0 saturated heterocycles. The zero-order valence-electron chi connectivity index (χ0n) is 18.4. The van der Waals surface area contributed by atoms with Crippen molar-refractivity contribution in [2.45, 2.75) is 13.1 Å². The third-order valence-corrected chi connectivity index (χ3v) is 5.31. The van der Waals surface area contributed by atoms with Crippen LogP contribution in [0.15, 0.2) is 66.9 Å². The maximum Gasteiger partial charge on any atom is 0.227 e. The summed E-state index contributed by atoms with van der Waals surface area (Å²) in [5.41, 5.74) is 5.28. The average molecular weight is 416 g/mol. The predicted molar refractivity (Wildman–Crippen MR) is 126 cm³/mol. The first-order valence-corrected chi connectivity index (χ1v) is 10.5. The van der Waals surface area contributed by atoms with E-state index in [9.17, 15) is 0 Å². The molecule has 6 bridgehead atoms. The summed E-state index contributed by atoms with van der Waals surface area (Å²) in [6, 6.07) is 16.6. The molecular weight excluding hydrogens is 386 g/mol. The number of benzene rings is 2. The highest BCUT2D eigenvalue weighted by atomic mass is 16.5. The van der Waals surface area contributed by atoms with E-state index in [0.717, 1.165) is 54.4 Å². The molecule has 0 unspecified atom stereocenters. The number of aromatic nitrogens is 2. The fourth-order valence-corrected chi connectivity index (χ4v) is 3.76. The van der Waals surface area contributed by atoms with Crippen LogP contribution in [0.1, 0.15) is 11.1 Å². The summed E-state index contributed by atoms with van der Waals surface area (Å²) in [7, 11) is 5.97. The summed E-state index contributed by atoms with van der Waals surface area (Å²) in [5.74, 6) is 1.47. The van der Waals surface area contributed by atoms with Gasteiger partial charge < -0.3 is 10.1 Å². The lowest BCUT2D eigenvalue weighted by Gasteiger charge is -2.19. The Hall–Kier alpha value is -3.22. The van der Waals surface area contributed by atoms with Gasteiger partial charge in [0.15, 0.2) is 0 Å². The van der Waals surface area contributed by atoms with Crippen LogP contribution in [-0.2, 0) is 13.1 Å². The van der Waals surface area contributed by atoms with Crippen molar-refractivity contribution in [2.24, 2.45) is 0 Å². The summed E-state index contributed by atoms with van der Waals surface area (Å²) in [5, 5.41) is 3.35. The molecule has 2 aromatic carbocycles. The molecule has 0 amide bonds. The van der Waals surface area contributed by atoms with Crippen LogP contribution in [0.25, 0.3) is 11.3 Å². The first-order chi connectivity index (χ1) is 15.1. The molecule has 0 atom stereocenters. The third-order valence-electron chi connectivity index (χ3n) is 5.31. The van der Waals surface area contributed by atoms with Crippen molar-refractivity contribution in [1.82, 2.24) is 19.8 Å². The summed E-state index contributed by atoms with van der Waals surface area (Å²) < 4.78 is 5.61. The van der Waals surface area contributed by atoms with Gasteiger partial charge in [-0.2, -0.15) is 0 Å². The van der Waals surface area contributed by atoms with Crippen LogP contribution in [-0.4, -0.2) is 54.1 Å². The lowest BCUT2D eigenvalue weighted by molar-refractivity contribution is 0.343. The van der Waals surface area contributed by atoms with Gasteiger partial charge in [0.1, 0.15) is 5.75 Å². The maximum atomic E-state index is 5.61. The molecule has 160 valence electrons. The highest BCUT2D eigenvalue weighted by Gasteiger charge is 2.11. The van der Waals surface area contributed by atoms with Crippen molar-refractivity contribution in [3.8, 4) is 17.0 Å². The summed E-state index contributed by atoms with van der Waals surface area (Å²) in [6.45, 7) is 3.43. The fraction of sp³-hybridized carbons (Fsp3) is 0.280. The molecule has 6 nitrogen and oxygen atoms in total. The largest absolute Gasteiger partial charge is 0.496 e. The van der Waals surface area contributed by atoms with E-state index in [0.29, 0.717) is 5.95 Å². The van der Waals surface area contributed by atoms with Crippen molar-refractivity contribution in [1.29, 1.82) is 0 Å². The first-order valence-electron chi connectivity index (χ1n) is 10.5. The van der Waals surface area contributed by atoms with Gasteiger partial charge in [0, 0.05) is 49.2 Å². The second-order valence-corrected chi connectivity index (χ2v) is 7.98. The molecular formula is C25H29N5O. The Morgan fingerprint density at radius 2 is 1.74 bits per heavy atom. The second kappa shape index (κ2) is 9.73. The van der Waals surface area contributed by atoms with E-state index >= 15 is 0 Å². The standard InChI is InChI=1S/C25H29N5O/c1-29-13-4-5-14-30(2)18-21-16-20(9-10-24(21)31-3)23-11-12-26-25(28-23)27-22-8-6-7-19(15-22)17-29/h4-12,15-16H,13-14,17-18H2,1-3H3,(H,26,27,28). The second-order valence-electron chi connectivity index (χ2n) is 7.98. The minimum absolute atomic E-state index is 0.585. The minimum atomic E-state index is 0.585. The Bertz CT molecular complexity index is 1070. The maximum absolute atomic E-state index is 5.61.